The molecule has 2 saturated heterocycles. The number of amides is 2. The van der Waals surface area contributed by atoms with Gasteiger partial charge in [0.05, 0.1) is 6.54 Å². The first-order valence-corrected chi connectivity index (χ1v) is 7.51. The van der Waals surface area contributed by atoms with E-state index in [1.807, 2.05) is 0 Å². The molecule has 0 saturated carbocycles. The summed E-state index contributed by atoms with van der Waals surface area (Å²) in [7, 11) is 2.15. The highest BCUT2D eigenvalue weighted by molar-refractivity contribution is 5.79. The van der Waals surface area contributed by atoms with Crippen molar-refractivity contribution < 1.29 is 19.8 Å². The van der Waals surface area contributed by atoms with Crippen molar-refractivity contribution in [2.45, 2.75) is 62.8 Å². The summed E-state index contributed by atoms with van der Waals surface area (Å²) in [6.07, 6.45) is 5.44. The highest BCUT2D eigenvalue weighted by Crippen LogP contribution is 2.32. The van der Waals surface area contributed by atoms with Crippen LogP contribution in [-0.4, -0.2) is 64.4 Å². The molecule has 0 aromatic rings. The number of carboxylic acids is 1. The zero-order chi connectivity index (χ0) is 15.6. The number of hydrogen-bond acceptors (Lipinski definition) is 4. The van der Waals surface area contributed by atoms with Crippen molar-refractivity contribution in [1.82, 2.24) is 15.5 Å². The van der Waals surface area contributed by atoms with Gasteiger partial charge in [-0.25, -0.2) is 9.59 Å². The molecule has 7 nitrogen and oxygen atoms in total. The second-order valence-electron chi connectivity index (χ2n) is 6.48. The fraction of sp³-hybridized carbons (Fsp3) is 0.857. The van der Waals surface area contributed by atoms with Gasteiger partial charge in [-0.3, -0.25) is 0 Å². The van der Waals surface area contributed by atoms with Gasteiger partial charge in [-0.15, -0.1) is 0 Å². The van der Waals surface area contributed by atoms with Crippen molar-refractivity contribution in [3.8, 4) is 0 Å². The Morgan fingerprint density at radius 1 is 1.29 bits per heavy atom. The summed E-state index contributed by atoms with van der Waals surface area (Å²) in [5.41, 5.74) is -1.94. The summed E-state index contributed by atoms with van der Waals surface area (Å²) >= 11 is 0. The normalized spacial score (nSPS) is 32.0. The first-order valence-electron chi connectivity index (χ1n) is 7.51. The van der Waals surface area contributed by atoms with Crippen LogP contribution in [0.2, 0.25) is 0 Å². The molecule has 2 aliphatic heterocycles. The van der Waals surface area contributed by atoms with Gasteiger partial charge in [0.1, 0.15) is 0 Å². The van der Waals surface area contributed by atoms with Crippen molar-refractivity contribution in [3.05, 3.63) is 0 Å². The maximum atomic E-state index is 11.8. The SMILES string of the molecule is CN1C2CCCC1CC(NC(=O)NCC(C)(O)C(=O)O)C2. The van der Waals surface area contributed by atoms with E-state index in [0.717, 1.165) is 19.8 Å². The lowest BCUT2D eigenvalue weighted by molar-refractivity contribution is -0.155. The number of aliphatic hydroxyl groups is 1. The molecule has 7 heteroatoms. The Kier molecular flexibility index (Phi) is 4.73. The molecule has 0 aliphatic carbocycles. The molecular weight excluding hydrogens is 274 g/mol. The van der Waals surface area contributed by atoms with E-state index in [9.17, 15) is 14.7 Å². The number of carbonyl (C=O) groups is 2. The van der Waals surface area contributed by atoms with Gasteiger partial charge in [-0.1, -0.05) is 6.42 Å². The van der Waals surface area contributed by atoms with Crippen molar-refractivity contribution >= 4 is 12.0 Å². The number of hydrogen-bond donors (Lipinski definition) is 4. The average Bonchev–Trinajstić information content (AvgIpc) is 2.37. The van der Waals surface area contributed by atoms with Crippen molar-refractivity contribution in [1.29, 1.82) is 0 Å². The van der Waals surface area contributed by atoms with Crippen LogP contribution in [0.1, 0.15) is 39.0 Å². The molecule has 0 aromatic heterocycles. The number of fused-ring (bicyclic) bond motifs is 2. The van der Waals surface area contributed by atoms with Crippen LogP contribution < -0.4 is 10.6 Å². The molecule has 4 N–H and O–H groups in total. The zero-order valence-electron chi connectivity index (χ0n) is 12.6. The van der Waals surface area contributed by atoms with Crippen LogP contribution in [-0.2, 0) is 4.79 Å². The first kappa shape index (κ1) is 16.0. The molecule has 0 spiro atoms. The molecule has 2 heterocycles. The summed E-state index contributed by atoms with van der Waals surface area (Å²) in [6.45, 7) is 0.850. The van der Waals surface area contributed by atoms with E-state index in [0.29, 0.717) is 12.1 Å². The van der Waals surface area contributed by atoms with Crippen molar-refractivity contribution in [3.63, 3.8) is 0 Å². The topological polar surface area (TPSA) is 102 Å². The molecule has 2 rings (SSSR count). The van der Waals surface area contributed by atoms with E-state index >= 15 is 0 Å². The maximum absolute atomic E-state index is 11.8. The lowest BCUT2D eigenvalue weighted by Crippen LogP contribution is -2.57. The quantitative estimate of drug-likeness (QED) is 0.591. The van der Waals surface area contributed by atoms with Gasteiger partial charge in [0.15, 0.2) is 5.60 Å². The van der Waals surface area contributed by atoms with Crippen LogP contribution >= 0.6 is 0 Å². The second-order valence-corrected chi connectivity index (χ2v) is 6.48. The number of rotatable bonds is 4. The standard InChI is InChI=1S/C14H25N3O4/c1-14(21,12(18)19)8-15-13(20)16-9-6-10-4-3-5-11(7-9)17(10)2/h9-11,21H,3-8H2,1-2H3,(H,18,19)(H2,15,16,20). The van der Waals surface area contributed by atoms with Crippen LogP contribution in [0.3, 0.4) is 0 Å². The molecule has 0 radical (unpaired) electrons. The molecule has 3 unspecified atom stereocenters. The molecule has 0 aromatic carbocycles. The van der Waals surface area contributed by atoms with Gasteiger partial charge in [0, 0.05) is 18.1 Å². The Balaban J connectivity index is 1.80. The number of piperidine rings is 2. The van der Waals surface area contributed by atoms with E-state index in [1.54, 1.807) is 0 Å². The third-order valence-electron chi connectivity index (χ3n) is 4.73. The van der Waals surface area contributed by atoms with E-state index in [2.05, 4.69) is 22.6 Å². The maximum Gasteiger partial charge on any atom is 0.337 e. The number of nitrogens with one attached hydrogen (secondary N) is 2. The zero-order valence-corrected chi connectivity index (χ0v) is 12.6. The monoisotopic (exact) mass is 299 g/mol. The van der Waals surface area contributed by atoms with E-state index < -0.39 is 17.6 Å². The summed E-state index contributed by atoms with van der Waals surface area (Å²) in [4.78, 5) is 25.0. The van der Waals surface area contributed by atoms with Gasteiger partial charge < -0.3 is 25.7 Å². The molecule has 120 valence electrons. The minimum Gasteiger partial charge on any atom is -0.479 e. The Labute approximate surface area is 124 Å². The number of carboxylic acid groups (broad SMARTS) is 1. The van der Waals surface area contributed by atoms with Crippen LogP contribution in [0.5, 0.6) is 0 Å². The number of urea groups is 1. The number of aliphatic carboxylic acids is 1. The molecule has 3 atom stereocenters. The van der Waals surface area contributed by atoms with E-state index in [1.165, 1.54) is 19.3 Å². The molecule has 2 aliphatic rings. The van der Waals surface area contributed by atoms with Gasteiger partial charge >= 0.3 is 12.0 Å². The second kappa shape index (κ2) is 6.19. The third-order valence-corrected chi connectivity index (χ3v) is 4.73. The fourth-order valence-corrected chi connectivity index (χ4v) is 3.30. The average molecular weight is 299 g/mol. The van der Waals surface area contributed by atoms with E-state index in [4.69, 9.17) is 5.11 Å². The predicted molar refractivity (Wildman–Crippen MR) is 77.0 cm³/mol. The van der Waals surface area contributed by atoms with Gasteiger partial charge in [0.2, 0.25) is 0 Å². The van der Waals surface area contributed by atoms with Gasteiger partial charge in [0.25, 0.3) is 0 Å². The predicted octanol–water partition coefficient (Wildman–Crippen LogP) is 0.137. The minimum atomic E-state index is -1.94. The Morgan fingerprint density at radius 3 is 2.38 bits per heavy atom. The summed E-state index contributed by atoms with van der Waals surface area (Å²) in [5, 5.41) is 23.7. The number of carbonyl (C=O) groups excluding carboxylic acids is 1. The largest absolute Gasteiger partial charge is 0.479 e. The van der Waals surface area contributed by atoms with E-state index in [-0.39, 0.29) is 12.6 Å². The van der Waals surface area contributed by atoms with Crippen LogP contribution in [0, 0.1) is 0 Å². The molecule has 2 amide bonds. The number of nitrogens with zero attached hydrogens (tertiary/aromatic N) is 1. The summed E-state index contributed by atoms with van der Waals surface area (Å²) in [5.74, 6) is -1.35. The fourth-order valence-electron chi connectivity index (χ4n) is 3.30. The highest BCUT2D eigenvalue weighted by Gasteiger charge is 2.36. The van der Waals surface area contributed by atoms with Crippen LogP contribution in [0.15, 0.2) is 0 Å². The molecule has 21 heavy (non-hydrogen) atoms. The van der Waals surface area contributed by atoms with Gasteiger partial charge in [-0.05, 0) is 39.7 Å². The van der Waals surface area contributed by atoms with Gasteiger partial charge in [-0.2, -0.15) is 0 Å². The lowest BCUT2D eigenvalue weighted by Gasteiger charge is -2.47. The Morgan fingerprint density at radius 2 is 1.86 bits per heavy atom. The van der Waals surface area contributed by atoms with Crippen molar-refractivity contribution in [2.75, 3.05) is 13.6 Å². The van der Waals surface area contributed by atoms with Crippen LogP contribution in [0.4, 0.5) is 4.79 Å². The Bertz CT molecular complexity index is 399. The lowest BCUT2D eigenvalue weighted by atomic mass is 9.82. The molecular formula is C14H25N3O4. The minimum absolute atomic E-state index is 0.117. The van der Waals surface area contributed by atoms with Crippen LogP contribution in [0.25, 0.3) is 0 Å². The summed E-state index contributed by atoms with van der Waals surface area (Å²) < 4.78 is 0. The highest BCUT2D eigenvalue weighted by atomic mass is 16.4. The molecule has 2 fully saturated rings. The first-order chi connectivity index (χ1) is 9.79. The molecule has 2 bridgehead atoms. The summed E-state index contributed by atoms with van der Waals surface area (Å²) in [6, 6.07) is 0.741. The third kappa shape index (κ3) is 3.85. The van der Waals surface area contributed by atoms with Crippen molar-refractivity contribution in [2.24, 2.45) is 0 Å². The smallest absolute Gasteiger partial charge is 0.337 e. The Hall–Kier alpha value is -1.34.